The van der Waals surface area contributed by atoms with Gasteiger partial charge < -0.3 is 4.42 Å². The number of hydrogen-bond donors (Lipinski definition) is 0. The Morgan fingerprint density at radius 2 is 1.92 bits per heavy atom. The molecular formula is C17H13F2N5OS. The molecule has 0 aliphatic heterocycles. The third kappa shape index (κ3) is 3.17. The summed E-state index contributed by atoms with van der Waals surface area (Å²) < 4.78 is 33.4. The Morgan fingerprint density at radius 3 is 2.73 bits per heavy atom. The van der Waals surface area contributed by atoms with Gasteiger partial charge in [0.1, 0.15) is 6.26 Å². The molecule has 26 heavy (non-hydrogen) atoms. The summed E-state index contributed by atoms with van der Waals surface area (Å²) in [6, 6.07) is 5.45. The second-order valence-electron chi connectivity index (χ2n) is 5.71. The van der Waals surface area contributed by atoms with Gasteiger partial charge in [0, 0.05) is 22.7 Å². The van der Waals surface area contributed by atoms with E-state index < -0.39 is 11.6 Å². The Labute approximate surface area is 151 Å². The van der Waals surface area contributed by atoms with Crippen LogP contribution in [0.1, 0.15) is 17.1 Å². The summed E-state index contributed by atoms with van der Waals surface area (Å²) in [6.45, 7) is 3.85. The van der Waals surface area contributed by atoms with Crippen LogP contribution in [-0.4, -0.2) is 24.6 Å². The van der Waals surface area contributed by atoms with Crippen molar-refractivity contribution in [2.45, 2.75) is 24.8 Å². The summed E-state index contributed by atoms with van der Waals surface area (Å²) >= 11 is 1.39. The van der Waals surface area contributed by atoms with Gasteiger partial charge >= 0.3 is 0 Å². The molecule has 1 aromatic carbocycles. The maximum absolute atomic E-state index is 13.3. The highest BCUT2D eigenvalue weighted by molar-refractivity contribution is 7.98. The molecule has 3 heterocycles. The molecule has 0 unspecified atom stereocenters. The molecule has 0 aliphatic rings. The van der Waals surface area contributed by atoms with E-state index in [0.29, 0.717) is 27.9 Å². The number of benzene rings is 1. The lowest BCUT2D eigenvalue weighted by Gasteiger charge is -1.97. The predicted molar refractivity (Wildman–Crippen MR) is 91.7 cm³/mol. The third-order valence-electron chi connectivity index (χ3n) is 3.67. The van der Waals surface area contributed by atoms with Crippen LogP contribution in [0.3, 0.4) is 0 Å². The summed E-state index contributed by atoms with van der Waals surface area (Å²) in [7, 11) is 0. The van der Waals surface area contributed by atoms with Gasteiger partial charge in [0.25, 0.3) is 5.78 Å². The van der Waals surface area contributed by atoms with Crippen LogP contribution in [0.2, 0.25) is 0 Å². The molecule has 9 heteroatoms. The summed E-state index contributed by atoms with van der Waals surface area (Å²) in [5.41, 5.74) is 2.86. The second kappa shape index (κ2) is 6.49. The van der Waals surface area contributed by atoms with E-state index in [4.69, 9.17) is 4.42 Å². The van der Waals surface area contributed by atoms with Crippen LogP contribution in [0.5, 0.6) is 0 Å². The van der Waals surface area contributed by atoms with Crippen LogP contribution < -0.4 is 0 Å². The highest BCUT2D eigenvalue weighted by Crippen LogP contribution is 2.24. The summed E-state index contributed by atoms with van der Waals surface area (Å²) in [6.07, 6.45) is 1.48. The van der Waals surface area contributed by atoms with Crippen molar-refractivity contribution in [3.05, 3.63) is 59.2 Å². The molecule has 0 saturated carbocycles. The number of nitrogens with zero attached hydrogens (tertiary/aromatic N) is 5. The minimum Gasteiger partial charge on any atom is -0.444 e. The van der Waals surface area contributed by atoms with Crippen molar-refractivity contribution in [1.29, 1.82) is 0 Å². The summed E-state index contributed by atoms with van der Waals surface area (Å²) in [5, 5.41) is 4.98. The Bertz CT molecular complexity index is 1110. The van der Waals surface area contributed by atoms with Gasteiger partial charge in [-0.2, -0.15) is 4.98 Å². The highest BCUT2D eigenvalue weighted by atomic mass is 32.2. The van der Waals surface area contributed by atoms with Crippen LogP contribution in [-0.2, 0) is 5.75 Å². The minimum absolute atomic E-state index is 0.232. The quantitative estimate of drug-likeness (QED) is 0.504. The average molecular weight is 373 g/mol. The number of oxazole rings is 1. The number of thioether (sulfide) groups is 1. The number of rotatable bonds is 4. The number of fused-ring (bicyclic) bond motifs is 1. The SMILES string of the molecule is Cc1cc(C)n2nc(SCc3coc(-c4ccc(F)c(F)c4)n3)nc2n1. The molecule has 132 valence electrons. The number of aromatic nitrogens is 5. The largest absolute Gasteiger partial charge is 0.444 e. The van der Waals surface area contributed by atoms with Crippen LogP contribution >= 0.6 is 11.8 Å². The van der Waals surface area contributed by atoms with Crippen LogP contribution in [0.4, 0.5) is 8.78 Å². The third-order valence-corrected chi connectivity index (χ3v) is 4.54. The van der Waals surface area contributed by atoms with E-state index in [9.17, 15) is 8.78 Å². The van der Waals surface area contributed by atoms with E-state index in [1.165, 1.54) is 24.1 Å². The van der Waals surface area contributed by atoms with E-state index in [2.05, 4.69) is 20.1 Å². The molecule has 0 spiro atoms. The zero-order valence-corrected chi connectivity index (χ0v) is 14.7. The monoisotopic (exact) mass is 373 g/mol. The fourth-order valence-electron chi connectivity index (χ4n) is 2.48. The molecule has 0 amide bonds. The smallest absolute Gasteiger partial charge is 0.253 e. The van der Waals surface area contributed by atoms with Crippen LogP contribution in [0.25, 0.3) is 17.2 Å². The molecule has 4 rings (SSSR count). The molecule has 0 bridgehead atoms. The topological polar surface area (TPSA) is 69.1 Å². The van der Waals surface area contributed by atoms with Crippen molar-refractivity contribution in [2.75, 3.05) is 0 Å². The zero-order chi connectivity index (χ0) is 18.3. The van der Waals surface area contributed by atoms with Crippen LogP contribution in [0, 0.1) is 25.5 Å². The Morgan fingerprint density at radius 1 is 1.08 bits per heavy atom. The molecular weight excluding hydrogens is 360 g/mol. The first-order valence-corrected chi connectivity index (χ1v) is 8.72. The van der Waals surface area contributed by atoms with Crippen molar-refractivity contribution >= 4 is 17.5 Å². The number of aryl methyl sites for hydroxylation is 2. The molecule has 4 aromatic rings. The normalized spacial score (nSPS) is 11.4. The molecule has 6 nitrogen and oxygen atoms in total. The number of hydrogen-bond acceptors (Lipinski definition) is 6. The average Bonchev–Trinajstić information content (AvgIpc) is 3.22. The standard InChI is InChI=1S/C17H13F2N5OS/c1-9-5-10(2)24-16(20-9)22-17(23-24)26-8-12-7-25-15(21-12)11-3-4-13(18)14(19)6-11/h3-7H,8H2,1-2H3. The van der Waals surface area contributed by atoms with Gasteiger partial charge in [-0.15, -0.1) is 5.10 Å². The fraction of sp³-hybridized carbons (Fsp3) is 0.176. The molecule has 0 fully saturated rings. The molecule has 0 aliphatic carbocycles. The van der Waals surface area contributed by atoms with Gasteiger partial charge in [0.05, 0.1) is 5.69 Å². The molecule has 0 radical (unpaired) electrons. The van der Waals surface area contributed by atoms with Gasteiger partial charge in [-0.3, -0.25) is 0 Å². The van der Waals surface area contributed by atoms with E-state index >= 15 is 0 Å². The molecule has 0 saturated heterocycles. The lowest BCUT2D eigenvalue weighted by Crippen LogP contribution is -1.97. The Kier molecular flexibility index (Phi) is 4.15. The first-order valence-electron chi connectivity index (χ1n) is 7.73. The van der Waals surface area contributed by atoms with Crippen molar-refractivity contribution in [3.63, 3.8) is 0 Å². The van der Waals surface area contributed by atoms with E-state index in [1.807, 2.05) is 19.9 Å². The molecule has 3 aromatic heterocycles. The van der Waals surface area contributed by atoms with E-state index in [1.54, 1.807) is 4.52 Å². The van der Waals surface area contributed by atoms with Crippen molar-refractivity contribution in [1.82, 2.24) is 24.6 Å². The predicted octanol–water partition coefficient (Wildman–Crippen LogP) is 3.97. The maximum Gasteiger partial charge on any atom is 0.253 e. The lowest BCUT2D eigenvalue weighted by molar-refractivity contribution is 0.507. The highest BCUT2D eigenvalue weighted by Gasteiger charge is 2.12. The Balaban J connectivity index is 1.51. The first kappa shape index (κ1) is 16.6. The fourth-order valence-corrected chi connectivity index (χ4v) is 3.18. The van der Waals surface area contributed by atoms with Gasteiger partial charge in [-0.25, -0.2) is 23.3 Å². The van der Waals surface area contributed by atoms with Gasteiger partial charge in [-0.1, -0.05) is 11.8 Å². The van der Waals surface area contributed by atoms with E-state index in [-0.39, 0.29) is 5.89 Å². The lowest BCUT2D eigenvalue weighted by atomic mass is 10.2. The summed E-state index contributed by atoms with van der Waals surface area (Å²) in [4.78, 5) is 13.0. The summed E-state index contributed by atoms with van der Waals surface area (Å²) in [5.74, 6) is -0.595. The van der Waals surface area contributed by atoms with Gasteiger partial charge in [-0.05, 0) is 38.1 Å². The van der Waals surface area contributed by atoms with Gasteiger partial charge in [0.15, 0.2) is 11.6 Å². The first-order chi connectivity index (χ1) is 12.5. The van der Waals surface area contributed by atoms with Crippen LogP contribution in [0.15, 0.2) is 40.1 Å². The molecule has 0 atom stereocenters. The van der Waals surface area contributed by atoms with E-state index in [0.717, 1.165) is 23.5 Å². The molecule has 0 N–H and O–H groups in total. The van der Waals surface area contributed by atoms with Gasteiger partial charge in [0.2, 0.25) is 11.0 Å². The Hall–Kier alpha value is -2.81. The minimum atomic E-state index is -0.941. The zero-order valence-electron chi connectivity index (χ0n) is 13.9. The maximum atomic E-state index is 13.3. The van der Waals surface area contributed by atoms with Crippen molar-refractivity contribution in [2.24, 2.45) is 0 Å². The second-order valence-corrected chi connectivity index (χ2v) is 6.65. The van der Waals surface area contributed by atoms with Crippen molar-refractivity contribution < 1.29 is 13.2 Å². The van der Waals surface area contributed by atoms with Crippen molar-refractivity contribution in [3.8, 4) is 11.5 Å². The number of halogens is 2.